The van der Waals surface area contributed by atoms with E-state index in [1.165, 1.54) is 45.9 Å². The van der Waals surface area contributed by atoms with Crippen LogP contribution in [0.2, 0.25) is 0 Å². The van der Waals surface area contributed by atoms with Gasteiger partial charge in [0.15, 0.2) is 0 Å². The SMILES string of the molecule is C[C@H]1CN([C@@H](C)CO)S(=O)(=O)c2ccc(-c3cncnc3)cc2O[C@@H]1CN(C)C(=O)c1cccc(F)c1. The molecule has 0 unspecified atom stereocenters. The van der Waals surface area contributed by atoms with Crippen LogP contribution in [-0.4, -0.2) is 77.5 Å². The van der Waals surface area contributed by atoms with Gasteiger partial charge in [-0.25, -0.2) is 22.8 Å². The molecule has 9 nitrogen and oxygen atoms in total. The van der Waals surface area contributed by atoms with E-state index in [1.807, 2.05) is 6.92 Å². The number of carbonyl (C=O) groups excluding carboxylic acids is 1. The highest BCUT2D eigenvalue weighted by Crippen LogP contribution is 2.36. The molecule has 1 amide bonds. The zero-order valence-corrected chi connectivity index (χ0v) is 21.6. The van der Waals surface area contributed by atoms with E-state index in [2.05, 4.69) is 9.97 Å². The van der Waals surface area contributed by atoms with Crippen LogP contribution >= 0.6 is 0 Å². The number of rotatable bonds is 6. The molecule has 196 valence electrons. The van der Waals surface area contributed by atoms with Crippen molar-refractivity contribution in [2.75, 3.05) is 26.7 Å². The predicted octanol–water partition coefficient (Wildman–Crippen LogP) is 2.82. The highest BCUT2D eigenvalue weighted by molar-refractivity contribution is 7.89. The quantitative estimate of drug-likeness (QED) is 0.524. The number of hydrogen-bond donors (Lipinski definition) is 1. The molecule has 0 bridgehead atoms. The van der Waals surface area contributed by atoms with Crippen LogP contribution in [-0.2, 0) is 10.0 Å². The van der Waals surface area contributed by atoms with Gasteiger partial charge in [-0.15, -0.1) is 0 Å². The molecule has 4 rings (SSSR count). The molecule has 0 spiro atoms. The zero-order chi connectivity index (χ0) is 26.7. The number of ether oxygens (including phenoxy) is 1. The summed E-state index contributed by atoms with van der Waals surface area (Å²) in [5.74, 6) is -1.14. The Kier molecular flexibility index (Phi) is 7.86. The second kappa shape index (κ2) is 10.9. The fourth-order valence-corrected chi connectivity index (χ4v) is 6.09. The molecule has 3 atom stereocenters. The third kappa shape index (κ3) is 5.63. The van der Waals surface area contributed by atoms with Gasteiger partial charge in [0.2, 0.25) is 10.0 Å². The summed E-state index contributed by atoms with van der Waals surface area (Å²) in [6, 6.07) is 9.50. The normalized spacial score (nSPS) is 20.1. The highest BCUT2D eigenvalue weighted by Gasteiger charge is 2.38. The Labute approximate surface area is 215 Å². The van der Waals surface area contributed by atoms with E-state index < -0.39 is 28.0 Å². The number of aliphatic hydroxyl groups excluding tert-OH is 1. The molecule has 1 aliphatic heterocycles. The van der Waals surface area contributed by atoms with Crippen LogP contribution in [0.4, 0.5) is 4.39 Å². The molecule has 0 saturated carbocycles. The van der Waals surface area contributed by atoms with Gasteiger partial charge in [0.1, 0.15) is 28.9 Å². The number of nitrogens with zero attached hydrogens (tertiary/aromatic N) is 4. The van der Waals surface area contributed by atoms with Gasteiger partial charge in [0.05, 0.1) is 13.2 Å². The van der Waals surface area contributed by atoms with E-state index in [1.54, 1.807) is 38.5 Å². The summed E-state index contributed by atoms with van der Waals surface area (Å²) in [5, 5.41) is 9.81. The number of aromatic nitrogens is 2. The third-order valence-electron chi connectivity index (χ3n) is 6.43. The number of aliphatic hydroxyl groups is 1. The maximum absolute atomic E-state index is 13.7. The van der Waals surface area contributed by atoms with E-state index >= 15 is 0 Å². The summed E-state index contributed by atoms with van der Waals surface area (Å²) in [5.41, 5.74) is 1.54. The van der Waals surface area contributed by atoms with Crippen LogP contribution < -0.4 is 4.74 Å². The number of fused-ring (bicyclic) bond motifs is 1. The number of hydrogen-bond acceptors (Lipinski definition) is 7. The lowest BCUT2D eigenvalue weighted by atomic mass is 10.0. The molecule has 0 fully saturated rings. The Morgan fingerprint density at radius 2 is 1.95 bits per heavy atom. The fourth-order valence-electron chi connectivity index (χ4n) is 4.27. The van der Waals surface area contributed by atoms with E-state index in [0.717, 1.165) is 0 Å². The van der Waals surface area contributed by atoms with Crippen LogP contribution in [0.25, 0.3) is 11.1 Å². The molecule has 37 heavy (non-hydrogen) atoms. The van der Waals surface area contributed by atoms with Gasteiger partial charge in [0, 0.05) is 49.1 Å². The first-order chi connectivity index (χ1) is 17.6. The first kappa shape index (κ1) is 26.6. The number of likely N-dealkylation sites (N-methyl/N-ethyl adjacent to an activating group) is 1. The highest BCUT2D eigenvalue weighted by atomic mass is 32.2. The lowest BCUT2D eigenvalue weighted by Crippen LogP contribution is -2.50. The van der Waals surface area contributed by atoms with Gasteiger partial charge in [0.25, 0.3) is 5.91 Å². The molecule has 1 aromatic heterocycles. The van der Waals surface area contributed by atoms with Crippen molar-refractivity contribution in [2.24, 2.45) is 5.92 Å². The smallest absolute Gasteiger partial charge is 0.253 e. The van der Waals surface area contributed by atoms with Gasteiger partial charge in [-0.1, -0.05) is 19.1 Å². The molecule has 1 aliphatic rings. The maximum Gasteiger partial charge on any atom is 0.253 e. The Morgan fingerprint density at radius 3 is 2.62 bits per heavy atom. The van der Waals surface area contributed by atoms with Crippen molar-refractivity contribution in [1.29, 1.82) is 0 Å². The van der Waals surface area contributed by atoms with Gasteiger partial charge in [-0.3, -0.25) is 4.79 Å². The predicted molar refractivity (Wildman–Crippen MR) is 135 cm³/mol. The van der Waals surface area contributed by atoms with Gasteiger partial charge < -0.3 is 14.7 Å². The van der Waals surface area contributed by atoms with Gasteiger partial charge >= 0.3 is 0 Å². The van der Waals surface area contributed by atoms with Crippen molar-refractivity contribution in [3.8, 4) is 16.9 Å². The minimum absolute atomic E-state index is 0.0376. The minimum Gasteiger partial charge on any atom is -0.487 e. The molecule has 0 aliphatic carbocycles. The van der Waals surface area contributed by atoms with Gasteiger partial charge in [-0.2, -0.15) is 4.31 Å². The number of carbonyl (C=O) groups is 1. The number of amides is 1. The largest absolute Gasteiger partial charge is 0.487 e. The van der Waals surface area contributed by atoms with E-state index in [-0.39, 0.29) is 47.7 Å². The molecule has 1 N–H and O–H groups in total. The first-order valence-corrected chi connectivity index (χ1v) is 13.3. The second-order valence-corrected chi connectivity index (χ2v) is 11.1. The van der Waals surface area contributed by atoms with Crippen LogP contribution in [0.3, 0.4) is 0 Å². The zero-order valence-electron chi connectivity index (χ0n) is 20.8. The molecule has 2 heterocycles. The summed E-state index contributed by atoms with van der Waals surface area (Å²) >= 11 is 0. The number of benzene rings is 2. The van der Waals surface area contributed by atoms with E-state index in [0.29, 0.717) is 11.1 Å². The Balaban J connectivity index is 1.74. The summed E-state index contributed by atoms with van der Waals surface area (Å²) < 4.78 is 48.5. The third-order valence-corrected chi connectivity index (χ3v) is 8.45. The molecular formula is C26H29FN4O5S. The average Bonchev–Trinajstić information content (AvgIpc) is 2.90. The van der Waals surface area contributed by atoms with Crippen molar-refractivity contribution in [1.82, 2.24) is 19.2 Å². The fraction of sp³-hybridized carbons (Fsp3) is 0.346. The van der Waals surface area contributed by atoms with E-state index in [9.17, 15) is 22.7 Å². The van der Waals surface area contributed by atoms with Crippen molar-refractivity contribution in [3.05, 3.63) is 72.6 Å². The molecule has 0 saturated heterocycles. The van der Waals surface area contributed by atoms with Crippen LogP contribution in [0.15, 0.2) is 66.1 Å². The maximum atomic E-state index is 13.7. The lowest BCUT2D eigenvalue weighted by molar-refractivity contribution is 0.0563. The minimum atomic E-state index is -4.01. The standard InChI is InChI=1S/C26H29FN4O5S/c1-17-13-31(18(2)15-32)37(34,35)25-8-7-19(21-11-28-16-29-12-21)10-23(25)36-24(17)14-30(3)26(33)20-5-4-6-22(27)9-20/h4-12,16-18,24,32H,13-15H2,1-3H3/t17-,18-,24+/m0/s1. The summed E-state index contributed by atoms with van der Waals surface area (Å²) in [6.45, 7) is 3.30. The van der Waals surface area contributed by atoms with E-state index in [4.69, 9.17) is 4.74 Å². The second-order valence-electron chi connectivity index (χ2n) is 9.22. The summed E-state index contributed by atoms with van der Waals surface area (Å²) in [4.78, 5) is 22.4. The average molecular weight is 529 g/mol. The van der Waals surface area contributed by atoms with Crippen LogP contribution in [0, 0.1) is 11.7 Å². The summed E-state index contributed by atoms with van der Waals surface area (Å²) in [6.07, 6.45) is 4.01. The Hall–Kier alpha value is -3.41. The van der Waals surface area contributed by atoms with Gasteiger partial charge in [-0.05, 0) is 42.8 Å². The van der Waals surface area contributed by atoms with Crippen molar-refractivity contribution < 1.29 is 27.4 Å². The van der Waals surface area contributed by atoms with Crippen LogP contribution in [0.1, 0.15) is 24.2 Å². The molecule has 11 heteroatoms. The Morgan fingerprint density at radius 1 is 1.22 bits per heavy atom. The number of sulfonamides is 1. The molecule has 0 radical (unpaired) electrons. The molecule has 3 aromatic rings. The molecular weight excluding hydrogens is 499 g/mol. The van der Waals surface area contributed by atoms with Crippen LogP contribution in [0.5, 0.6) is 5.75 Å². The lowest BCUT2D eigenvalue weighted by Gasteiger charge is -2.37. The van der Waals surface area contributed by atoms with Crippen molar-refractivity contribution in [2.45, 2.75) is 30.9 Å². The summed E-state index contributed by atoms with van der Waals surface area (Å²) in [7, 11) is -2.42. The topological polar surface area (TPSA) is 113 Å². The van der Waals surface area contributed by atoms with Crippen molar-refractivity contribution >= 4 is 15.9 Å². The number of halogens is 1. The first-order valence-electron chi connectivity index (χ1n) is 11.8. The molecule has 2 aromatic carbocycles. The monoisotopic (exact) mass is 528 g/mol. The Bertz CT molecular complexity index is 1370. The van der Waals surface area contributed by atoms with Crippen molar-refractivity contribution in [3.63, 3.8) is 0 Å².